The largest absolute Gasteiger partial charge is 0.395 e. The fourth-order valence-electron chi connectivity index (χ4n) is 1.66. The summed E-state index contributed by atoms with van der Waals surface area (Å²) in [5.41, 5.74) is 1.03. The Morgan fingerprint density at radius 1 is 1.50 bits per heavy atom. The van der Waals surface area contributed by atoms with Crippen molar-refractivity contribution in [3.05, 3.63) is 18.3 Å². The molecule has 0 aliphatic heterocycles. The molecule has 3 N–H and O–H groups in total. The predicted octanol–water partition coefficient (Wildman–Crippen LogP) is 2.43. The van der Waals surface area contributed by atoms with Gasteiger partial charge in [-0.1, -0.05) is 6.92 Å². The van der Waals surface area contributed by atoms with Crippen LogP contribution in [0.2, 0.25) is 0 Å². The third-order valence-electron chi connectivity index (χ3n) is 2.75. The fourth-order valence-corrected chi connectivity index (χ4v) is 2.29. The van der Waals surface area contributed by atoms with Crippen LogP contribution < -0.4 is 10.6 Å². The molecule has 0 saturated heterocycles. The summed E-state index contributed by atoms with van der Waals surface area (Å²) in [5.74, 6) is 0.888. The van der Waals surface area contributed by atoms with Crippen LogP contribution in [0.15, 0.2) is 18.3 Å². The van der Waals surface area contributed by atoms with Crippen LogP contribution in [0.5, 0.6) is 0 Å². The van der Waals surface area contributed by atoms with E-state index in [9.17, 15) is 5.11 Å². The van der Waals surface area contributed by atoms with E-state index in [-0.39, 0.29) is 17.9 Å². The lowest BCUT2D eigenvalue weighted by molar-refractivity contribution is 0.288. The summed E-state index contributed by atoms with van der Waals surface area (Å²) in [7, 11) is 0. The van der Waals surface area contributed by atoms with Gasteiger partial charge in [-0.15, -0.1) is 0 Å². The fraction of sp³-hybridized carbons (Fsp3) is 0.615. The monoisotopic (exact) mass is 269 g/mol. The minimum absolute atomic E-state index is 0.182. The van der Waals surface area contributed by atoms with Crippen LogP contribution in [0, 0.1) is 0 Å². The maximum absolute atomic E-state index is 9.26. The molecule has 0 fully saturated rings. The number of aromatic nitrogens is 1. The molecule has 18 heavy (non-hydrogen) atoms. The molecule has 5 heteroatoms. The number of aliphatic hydroxyl groups excluding tert-OH is 1. The Labute approximate surface area is 114 Å². The van der Waals surface area contributed by atoms with Gasteiger partial charge < -0.3 is 15.7 Å². The molecule has 1 heterocycles. The van der Waals surface area contributed by atoms with Crippen molar-refractivity contribution in [1.82, 2.24) is 4.98 Å². The van der Waals surface area contributed by atoms with Gasteiger partial charge in [0.25, 0.3) is 0 Å². The van der Waals surface area contributed by atoms with Crippen molar-refractivity contribution in [1.29, 1.82) is 0 Å². The highest BCUT2D eigenvalue weighted by Gasteiger charge is 2.14. The Morgan fingerprint density at radius 2 is 2.28 bits per heavy atom. The highest BCUT2D eigenvalue weighted by atomic mass is 32.2. The molecular weight excluding hydrogens is 246 g/mol. The van der Waals surface area contributed by atoms with Crippen molar-refractivity contribution in [3.63, 3.8) is 0 Å². The lowest BCUT2D eigenvalue weighted by atomic mass is 10.2. The molecule has 0 bridgehead atoms. The van der Waals surface area contributed by atoms with Gasteiger partial charge in [-0.3, -0.25) is 0 Å². The van der Waals surface area contributed by atoms with Crippen LogP contribution in [0.25, 0.3) is 0 Å². The summed E-state index contributed by atoms with van der Waals surface area (Å²) in [6.45, 7) is 5.32. The van der Waals surface area contributed by atoms with Gasteiger partial charge >= 0.3 is 0 Å². The molecule has 2 unspecified atom stereocenters. The molecule has 1 aromatic heterocycles. The van der Waals surface area contributed by atoms with Gasteiger partial charge in [-0.25, -0.2) is 4.98 Å². The number of pyridine rings is 1. The predicted molar refractivity (Wildman–Crippen MR) is 80.5 cm³/mol. The van der Waals surface area contributed by atoms with E-state index in [1.807, 2.05) is 18.4 Å². The van der Waals surface area contributed by atoms with Gasteiger partial charge in [0.1, 0.15) is 5.82 Å². The summed E-state index contributed by atoms with van der Waals surface area (Å²) in [4.78, 5) is 4.26. The number of rotatable bonds is 8. The van der Waals surface area contributed by atoms with E-state index in [4.69, 9.17) is 0 Å². The summed E-state index contributed by atoms with van der Waals surface area (Å²) < 4.78 is 0. The minimum Gasteiger partial charge on any atom is -0.395 e. The molecule has 1 aromatic rings. The number of thioether (sulfide) groups is 1. The maximum atomic E-state index is 9.26. The van der Waals surface area contributed by atoms with Crippen molar-refractivity contribution in [2.24, 2.45) is 0 Å². The topological polar surface area (TPSA) is 57.2 Å². The van der Waals surface area contributed by atoms with Crippen molar-refractivity contribution in [2.75, 3.05) is 30.0 Å². The number of hydrogen-bond donors (Lipinski definition) is 3. The first-order valence-electron chi connectivity index (χ1n) is 6.31. The highest BCUT2D eigenvalue weighted by molar-refractivity contribution is 7.99. The lowest BCUT2D eigenvalue weighted by Crippen LogP contribution is -2.30. The molecule has 0 radical (unpaired) electrons. The minimum atomic E-state index is 0.182. The number of nitrogens with one attached hydrogen (secondary N) is 2. The molecule has 0 amide bonds. The van der Waals surface area contributed by atoms with Gasteiger partial charge in [0, 0.05) is 35.8 Å². The third kappa shape index (κ3) is 4.74. The maximum Gasteiger partial charge on any atom is 0.127 e. The lowest BCUT2D eigenvalue weighted by Gasteiger charge is -2.22. The highest BCUT2D eigenvalue weighted by Crippen LogP contribution is 2.17. The standard InChI is InChI=1S/C13H23N3OS/c1-4-6-14-13-8-11(5-7-15-13)16-10(2)12(9-17)18-3/h5,7-8,10,12,17H,4,6,9H2,1-3H3,(H2,14,15,16). The van der Waals surface area contributed by atoms with Crippen LogP contribution >= 0.6 is 11.8 Å². The smallest absolute Gasteiger partial charge is 0.127 e. The Morgan fingerprint density at radius 3 is 2.89 bits per heavy atom. The van der Waals surface area contributed by atoms with E-state index in [2.05, 4.69) is 29.5 Å². The van der Waals surface area contributed by atoms with E-state index in [0.29, 0.717) is 0 Å². The second-order valence-corrected chi connectivity index (χ2v) is 5.32. The van der Waals surface area contributed by atoms with Gasteiger partial charge in [0.05, 0.1) is 6.61 Å². The van der Waals surface area contributed by atoms with E-state index < -0.39 is 0 Å². The Kier molecular flexibility index (Phi) is 6.90. The van der Waals surface area contributed by atoms with E-state index in [1.165, 1.54) is 0 Å². The molecule has 0 aliphatic carbocycles. The van der Waals surface area contributed by atoms with Gasteiger partial charge in [-0.2, -0.15) is 11.8 Å². The zero-order valence-corrected chi connectivity index (χ0v) is 12.1. The molecule has 4 nitrogen and oxygen atoms in total. The second kappa shape index (κ2) is 8.21. The van der Waals surface area contributed by atoms with Crippen LogP contribution in [-0.4, -0.2) is 40.8 Å². The van der Waals surface area contributed by atoms with Crippen molar-refractivity contribution < 1.29 is 5.11 Å². The quantitative estimate of drug-likeness (QED) is 0.677. The zero-order valence-electron chi connectivity index (χ0n) is 11.3. The Hall–Kier alpha value is -0.940. The molecule has 2 atom stereocenters. The molecule has 0 aromatic carbocycles. The van der Waals surface area contributed by atoms with E-state index >= 15 is 0 Å². The average Bonchev–Trinajstić information content (AvgIpc) is 2.38. The second-order valence-electron chi connectivity index (χ2n) is 4.25. The average molecular weight is 269 g/mol. The summed E-state index contributed by atoms with van der Waals surface area (Å²) in [6, 6.07) is 4.16. The van der Waals surface area contributed by atoms with Gasteiger partial charge in [-0.05, 0) is 25.7 Å². The Bertz CT molecular complexity index is 345. The number of hydrogen-bond acceptors (Lipinski definition) is 5. The van der Waals surface area contributed by atoms with Crippen LogP contribution in [-0.2, 0) is 0 Å². The molecule has 0 saturated carbocycles. The zero-order chi connectivity index (χ0) is 13.4. The molecular formula is C13H23N3OS. The van der Waals surface area contributed by atoms with Crippen molar-refractivity contribution in [3.8, 4) is 0 Å². The van der Waals surface area contributed by atoms with E-state index in [1.54, 1.807) is 18.0 Å². The molecule has 1 rings (SSSR count). The first-order valence-corrected chi connectivity index (χ1v) is 7.60. The summed E-state index contributed by atoms with van der Waals surface area (Å²) in [5, 5.41) is 16.1. The third-order valence-corrected chi connectivity index (χ3v) is 3.91. The van der Waals surface area contributed by atoms with Crippen LogP contribution in [0.1, 0.15) is 20.3 Å². The van der Waals surface area contributed by atoms with Crippen molar-refractivity contribution in [2.45, 2.75) is 31.6 Å². The van der Waals surface area contributed by atoms with E-state index in [0.717, 1.165) is 24.5 Å². The first kappa shape index (κ1) is 15.1. The van der Waals surface area contributed by atoms with Gasteiger partial charge in [0.15, 0.2) is 0 Å². The summed E-state index contributed by atoms with van der Waals surface area (Å²) >= 11 is 1.67. The van der Waals surface area contributed by atoms with Gasteiger partial charge in [0.2, 0.25) is 0 Å². The number of anilines is 2. The van der Waals surface area contributed by atoms with Crippen LogP contribution in [0.4, 0.5) is 11.5 Å². The Balaban J connectivity index is 2.60. The normalized spacial score (nSPS) is 14.0. The summed E-state index contributed by atoms with van der Waals surface area (Å²) in [6.07, 6.45) is 4.88. The SMILES string of the molecule is CCCNc1cc(NC(C)C(CO)SC)ccn1. The van der Waals surface area contributed by atoms with Crippen LogP contribution in [0.3, 0.4) is 0 Å². The molecule has 0 aliphatic rings. The first-order chi connectivity index (χ1) is 8.71. The van der Waals surface area contributed by atoms with Crippen molar-refractivity contribution >= 4 is 23.3 Å². The molecule has 102 valence electrons. The number of nitrogens with zero attached hydrogens (tertiary/aromatic N) is 1. The molecule has 0 spiro atoms. The number of aliphatic hydroxyl groups is 1.